The van der Waals surface area contributed by atoms with Crippen molar-refractivity contribution < 1.29 is 14.3 Å². The number of hydrogen-bond acceptors (Lipinski definition) is 3. The van der Waals surface area contributed by atoms with Gasteiger partial charge >= 0.3 is 5.97 Å². The van der Waals surface area contributed by atoms with E-state index in [1.165, 1.54) is 13.2 Å². The van der Waals surface area contributed by atoms with Crippen LogP contribution in [-0.4, -0.2) is 18.9 Å². The van der Waals surface area contributed by atoms with Gasteiger partial charge in [-0.2, -0.15) is 0 Å². The van der Waals surface area contributed by atoms with Crippen molar-refractivity contribution >= 4 is 11.8 Å². The Balaban J connectivity index is 2.54. The molecule has 1 rings (SSSR count). The fourth-order valence-corrected chi connectivity index (χ4v) is 0.890. The van der Waals surface area contributed by atoms with Crippen molar-refractivity contribution in [1.82, 2.24) is 0 Å². The molecule has 0 aliphatic heterocycles. The smallest absolute Gasteiger partial charge is 0.312 e. The minimum absolute atomic E-state index is 0.00426. The van der Waals surface area contributed by atoms with Crippen LogP contribution in [0.15, 0.2) is 12.2 Å². The highest BCUT2D eigenvalue weighted by Gasteiger charge is 2.23. The second-order valence-corrected chi connectivity index (χ2v) is 2.16. The Kier molecular flexibility index (Phi) is 1.85. The molecular weight excluding hydrogens is 132 g/mol. The SMILES string of the molecule is COC(=O)C1C=CC(=O)C1. The van der Waals surface area contributed by atoms with Crippen molar-refractivity contribution in [2.24, 2.45) is 5.92 Å². The van der Waals surface area contributed by atoms with Crippen LogP contribution in [0.5, 0.6) is 0 Å². The van der Waals surface area contributed by atoms with Crippen LogP contribution in [-0.2, 0) is 14.3 Å². The van der Waals surface area contributed by atoms with Gasteiger partial charge in [0.25, 0.3) is 0 Å². The number of ether oxygens (including phenoxy) is 1. The third kappa shape index (κ3) is 1.23. The number of esters is 1. The average molecular weight is 140 g/mol. The summed E-state index contributed by atoms with van der Waals surface area (Å²) in [5, 5.41) is 0. The molecule has 0 aromatic heterocycles. The van der Waals surface area contributed by atoms with Crippen molar-refractivity contribution in [1.29, 1.82) is 0 Å². The van der Waals surface area contributed by atoms with E-state index in [0.29, 0.717) is 0 Å². The van der Waals surface area contributed by atoms with E-state index >= 15 is 0 Å². The topological polar surface area (TPSA) is 43.4 Å². The Hall–Kier alpha value is -1.12. The molecule has 1 unspecified atom stereocenters. The second kappa shape index (κ2) is 2.64. The van der Waals surface area contributed by atoms with Crippen LogP contribution in [0.1, 0.15) is 6.42 Å². The molecule has 0 radical (unpaired) electrons. The molecular formula is C7H8O3. The Labute approximate surface area is 58.7 Å². The molecule has 1 aliphatic rings. The molecule has 0 saturated carbocycles. The fourth-order valence-electron chi connectivity index (χ4n) is 0.890. The van der Waals surface area contributed by atoms with Gasteiger partial charge in [-0.15, -0.1) is 0 Å². The molecule has 0 heterocycles. The van der Waals surface area contributed by atoms with Gasteiger partial charge in [0, 0.05) is 6.42 Å². The van der Waals surface area contributed by atoms with E-state index in [4.69, 9.17) is 0 Å². The number of methoxy groups -OCH3 is 1. The van der Waals surface area contributed by atoms with Gasteiger partial charge in [-0.1, -0.05) is 6.08 Å². The number of hydrogen-bond donors (Lipinski definition) is 0. The van der Waals surface area contributed by atoms with E-state index in [1.807, 2.05) is 0 Å². The lowest BCUT2D eigenvalue weighted by Gasteiger charge is -2.01. The monoisotopic (exact) mass is 140 g/mol. The van der Waals surface area contributed by atoms with E-state index in [9.17, 15) is 9.59 Å². The first-order chi connectivity index (χ1) is 4.74. The summed E-state index contributed by atoms with van der Waals surface area (Å²) in [6.45, 7) is 0. The summed E-state index contributed by atoms with van der Waals surface area (Å²) in [4.78, 5) is 21.3. The Morgan fingerprint density at radius 2 is 2.50 bits per heavy atom. The average Bonchev–Trinajstić information content (AvgIpc) is 2.34. The Bertz CT molecular complexity index is 193. The van der Waals surface area contributed by atoms with E-state index in [2.05, 4.69) is 4.74 Å². The van der Waals surface area contributed by atoms with Crippen LogP contribution in [0.2, 0.25) is 0 Å². The van der Waals surface area contributed by atoms with Crippen LogP contribution in [0.25, 0.3) is 0 Å². The number of carbonyl (C=O) groups is 2. The van der Waals surface area contributed by atoms with Gasteiger partial charge < -0.3 is 4.74 Å². The van der Waals surface area contributed by atoms with Crippen LogP contribution < -0.4 is 0 Å². The van der Waals surface area contributed by atoms with Gasteiger partial charge in [-0.25, -0.2) is 0 Å². The highest BCUT2D eigenvalue weighted by molar-refractivity contribution is 5.97. The van der Waals surface area contributed by atoms with Gasteiger partial charge in [0.1, 0.15) is 0 Å². The van der Waals surface area contributed by atoms with Crippen LogP contribution in [0.3, 0.4) is 0 Å². The van der Waals surface area contributed by atoms with E-state index in [-0.39, 0.29) is 24.1 Å². The molecule has 1 atom stereocenters. The maximum atomic E-state index is 10.7. The summed E-state index contributed by atoms with van der Waals surface area (Å²) in [6.07, 6.45) is 3.27. The fraction of sp³-hybridized carbons (Fsp3) is 0.429. The zero-order chi connectivity index (χ0) is 7.56. The van der Waals surface area contributed by atoms with E-state index in [1.54, 1.807) is 6.08 Å². The minimum atomic E-state index is -0.336. The third-order valence-electron chi connectivity index (χ3n) is 1.44. The Morgan fingerprint density at radius 1 is 1.80 bits per heavy atom. The van der Waals surface area contributed by atoms with Crippen LogP contribution in [0, 0.1) is 5.92 Å². The molecule has 10 heavy (non-hydrogen) atoms. The predicted molar refractivity (Wildman–Crippen MR) is 34.3 cm³/mol. The molecule has 1 aliphatic carbocycles. The van der Waals surface area contributed by atoms with Gasteiger partial charge in [0.2, 0.25) is 0 Å². The number of ketones is 1. The molecule has 0 aromatic carbocycles. The zero-order valence-electron chi connectivity index (χ0n) is 5.66. The molecule has 0 fully saturated rings. The van der Waals surface area contributed by atoms with E-state index in [0.717, 1.165) is 0 Å². The van der Waals surface area contributed by atoms with Crippen LogP contribution >= 0.6 is 0 Å². The molecule has 0 spiro atoms. The first-order valence-corrected chi connectivity index (χ1v) is 3.03. The number of allylic oxidation sites excluding steroid dienone is 1. The number of rotatable bonds is 1. The van der Waals surface area contributed by atoms with Gasteiger partial charge in [-0.05, 0) is 6.08 Å². The summed E-state index contributed by atoms with van der Waals surface area (Å²) in [6, 6.07) is 0. The summed E-state index contributed by atoms with van der Waals surface area (Å²) < 4.78 is 4.44. The first-order valence-electron chi connectivity index (χ1n) is 3.03. The first kappa shape index (κ1) is 6.99. The van der Waals surface area contributed by atoms with Crippen molar-refractivity contribution in [3.8, 4) is 0 Å². The summed E-state index contributed by atoms with van der Waals surface area (Å²) >= 11 is 0. The minimum Gasteiger partial charge on any atom is -0.469 e. The molecule has 0 bridgehead atoms. The van der Waals surface area contributed by atoms with Gasteiger partial charge in [0.15, 0.2) is 5.78 Å². The van der Waals surface area contributed by atoms with Crippen molar-refractivity contribution in [2.75, 3.05) is 7.11 Å². The predicted octanol–water partition coefficient (Wildman–Crippen LogP) is 0.305. The highest BCUT2D eigenvalue weighted by atomic mass is 16.5. The number of carbonyl (C=O) groups excluding carboxylic acids is 2. The van der Waals surface area contributed by atoms with Crippen molar-refractivity contribution in [2.45, 2.75) is 6.42 Å². The molecule has 0 saturated heterocycles. The highest BCUT2D eigenvalue weighted by Crippen LogP contribution is 2.14. The molecule has 0 N–H and O–H groups in total. The van der Waals surface area contributed by atoms with Crippen molar-refractivity contribution in [3.05, 3.63) is 12.2 Å². The second-order valence-electron chi connectivity index (χ2n) is 2.16. The molecule has 54 valence electrons. The normalized spacial score (nSPS) is 23.3. The summed E-state index contributed by atoms with van der Waals surface area (Å²) in [5.41, 5.74) is 0. The van der Waals surface area contributed by atoms with Crippen LogP contribution in [0.4, 0.5) is 0 Å². The third-order valence-corrected chi connectivity index (χ3v) is 1.44. The molecule has 0 aromatic rings. The maximum Gasteiger partial charge on any atom is 0.312 e. The lowest BCUT2D eigenvalue weighted by Crippen LogP contribution is -2.12. The lowest BCUT2D eigenvalue weighted by molar-refractivity contribution is -0.144. The van der Waals surface area contributed by atoms with Crippen molar-refractivity contribution in [3.63, 3.8) is 0 Å². The van der Waals surface area contributed by atoms with Gasteiger partial charge in [0.05, 0.1) is 13.0 Å². The summed E-state index contributed by atoms with van der Waals surface area (Å²) in [5.74, 6) is -0.671. The zero-order valence-corrected chi connectivity index (χ0v) is 5.66. The molecule has 3 heteroatoms. The maximum absolute atomic E-state index is 10.7. The Morgan fingerprint density at radius 3 is 2.90 bits per heavy atom. The molecule has 3 nitrogen and oxygen atoms in total. The van der Waals surface area contributed by atoms with Gasteiger partial charge in [-0.3, -0.25) is 9.59 Å². The standard InChI is InChI=1S/C7H8O3/c1-10-7(9)5-2-3-6(8)4-5/h2-3,5H,4H2,1H3. The quantitative estimate of drug-likeness (QED) is 0.492. The summed E-state index contributed by atoms with van der Waals surface area (Å²) in [7, 11) is 1.32. The lowest BCUT2D eigenvalue weighted by atomic mass is 10.1. The molecule has 0 amide bonds. The largest absolute Gasteiger partial charge is 0.469 e. The van der Waals surface area contributed by atoms with E-state index < -0.39 is 0 Å².